The number of rotatable bonds is 5. The second-order valence-corrected chi connectivity index (χ2v) is 4.98. The number of nitrogens with one attached hydrogen (secondary N) is 1. The molecule has 1 aliphatic heterocycles. The molecule has 6 heteroatoms. The van der Waals surface area contributed by atoms with Gasteiger partial charge in [0.15, 0.2) is 5.58 Å². The van der Waals surface area contributed by atoms with Crippen LogP contribution in [0.4, 0.5) is 11.7 Å². The molecule has 6 nitrogen and oxygen atoms in total. The van der Waals surface area contributed by atoms with E-state index >= 15 is 0 Å². The smallest absolute Gasteiger partial charge is 0.295 e. The van der Waals surface area contributed by atoms with Crippen LogP contribution in [-0.2, 0) is 4.74 Å². The highest BCUT2D eigenvalue weighted by atomic mass is 16.5. The number of nitrogens with two attached hydrogens (primary N) is 1. The van der Waals surface area contributed by atoms with Crippen LogP contribution in [0, 0.1) is 0 Å². The van der Waals surface area contributed by atoms with Crippen LogP contribution in [0.2, 0.25) is 0 Å². The molecule has 2 aromatic rings. The molecule has 0 atom stereocenters. The Bertz CT molecular complexity index is 563. The minimum Gasteiger partial charge on any atom is -0.424 e. The standard InChI is InChI=1S/C14H20N4O2/c15-11-2-3-13-12(10-11)17-14(20-13)16-4-1-5-18-6-8-19-9-7-18/h2-3,10H,1,4-9,15H2,(H,16,17). The average Bonchev–Trinajstić information content (AvgIpc) is 2.86. The molecule has 0 unspecified atom stereocenters. The van der Waals surface area contributed by atoms with E-state index in [0.717, 1.165) is 56.9 Å². The molecule has 0 spiro atoms. The molecular formula is C14H20N4O2. The maximum absolute atomic E-state index is 5.72. The van der Waals surface area contributed by atoms with Crippen molar-refractivity contribution in [2.24, 2.45) is 0 Å². The van der Waals surface area contributed by atoms with Crippen molar-refractivity contribution in [2.75, 3.05) is 50.4 Å². The van der Waals surface area contributed by atoms with Gasteiger partial charge in [0.25, 0.3) is 6.01 Å². The normalized spacial score (nSPS) is 16.6. The fraction of sp³-hybridized carbons (Fsp3) is 0.500. The van der Waals surface area contributed by atoms with Gasteiger partial charge < -0.3 is 20.2 Å². The molecule has 108 valence electrons. The first kappa shape index (κ1) is 13.2. The predicted molar refractivity (Wildman–Crippen MR) is 78.8 cm³/mol. The zero-order valence-electron chi connectivity index (χ0n) is 11.5. The van der Waals surface area contributed by atoms with Gasteiger partial charge in [-0.15, -0.1) is 0 Å². The lowest BCUT2D eigenvalue weighted by atomic mass is 10.3. The minimum absolute atomic E-state index is 0.563. The molecule has 3 rings (SSSR count). The Morgan fingerprint density at radius 2 is 2.15 bits per heavy atom. The van der Waals surface area contributed by atoms with Crippen LogP contribution in [0.1, 0.15) is 6.42 Å². The number of nitrogens with zero attached hydrogens (tertiary/aromatic N) is 2. The molecule has 0 radical (unpaired) electrons. The van der Waals surface area contributed by atoms with Crippen LogP contribution in [0.5, 0.6) is 0 Å². The van der Waals surface area contributed by atoms with E-state index in [0.29, 0.717) is 11.7 Å². The molecule has 2 heterocycles. The van der Waals surface area contributed by atoms with Crippen LogP contribution >= 0.6 is 0 Å². The summed E-state index contributed by atoms with van der Waals surface area (Å²) in [5.74, 6) is 0. The van der Waals surface area contributed by atoms with Crippen molar-refractivity contribution < 1.29 is 9.15 Å². The molecule has 1 aromatic heterocycles. The maximum Gasteiger partial charge on any atom is 0.295 e. The van der Waals surface area contributed by atoms with Gasteiger partial charge >= 0.3 is 0 Å². The molecule has 3 N–H and O–H groups in total. The third kappa shape index (κ3) is 3.20. The largest absolute Gasteiger partial charge is 0.424 e. The van der Waals surface area contributed by atoms with E-state index in [1.807, 2.05) is 18.2 Å². The van der Waals surface area contributed by atoms with Gasteiger partial charge in [-0.1, -0.05) is 0 Å². The summed E-state index contributed by atoms with van der Waals surface area (Å²) in [5.41, 5.74) is 7.97. The molecule has 1 aromatic carbocycles. The first-order valence-corrected chi connectivity index (χ1v) is 7.01. The second kappa shape index (κ2) is 6.11. The lowest BCUT2D eigenvalue weighted by molar-refractivity contribution is 0.0378. The van der Waals surface area contributed by atoms with Gasteiger partial charge in [-0.2, -0.15) is 4.98 Å². The number of anilines is 2. The topological polar surface area (TPSA) is 76.5 Å². The SMILES string of the molecule is Nc1ccc2oc(NCCCN3CCOCC3)nc2c1. The van der Waals surface area contributed by atoms with Crippen molar-refractivity contribution in [1.29, 1.82) is 0 Å². The van der Waals surface area contributed by atoms with Crippen molar-refractivity contribution in [3.8, 4) is 0 Å². The highest BCUT2D eigenvalue weighted by Crippen LogP contribution is 2.20. The van der Waals surface area contributed by atoms with Crippen LogP contribution in [-0.4, -0.2) is 49.3 Å². The Morgan fingerprint density at radius 1 is 1.30 bits per heavy atom. The zero-order chi connectivity index (χ0) is 13.8. The second-order valence-electron chi connectivity index (χ2n) is 4.98. The van der Waals surface area contributed by atoms with Crippen molar-refractivity contribution in [1.82, 2.24) is 9.88 Å². The van der Waals surface area contributed by atoms with Crippen LogP contribution in [0.3, 0.4) is 0 Å². The van der Waals surface area contributed by atoms with Gasteiger partial charge in [-0.3, -0.25) is 4.90 Å². The Hall–Kier alpha value is -1.79. The number of fused-ring (bicyclic) bond motifs is 1. The average molecular weight is 276 g/mol. The van der Waals surface area contributed by atoms with Crippen LogP contribution in [0.15, 0.2) is 22.6 Å². The number of ether oxygens (including phenoxy) is 1. The predicted octanol–water partition coefficient (Wildman–Crippen LogP) is 1.54. The van der Waals surface area contributed by atoms with Crippen LogP contribution in [0.25, 0.3) is 11.1 Å². The molecule has 0 bridgehead atoms. The summed E-state index contributed by atoms with van der Waals surface area (Å²) in [6.45, 7) is 5.67. The molecule has 0 saturated carbocycles. The lowest BCUT2D eigenvalue weighted by Gasteiger charge is -2.26. The summed E-state index contributed by atoms with van der Waals surface area (Å²) in [4.78, 5) is 6.78. The van der Waals surface area contributed by atoms with Gasteiger partial charge in [-0.25, -0.2) is 0 Å². The van der Waals surface area contributed by atoms with Gasteiger partial charge in [0.05, 0.1) is 13.2 Å². The highest BCUT2D eigenvalue weighted by Gasteiger charge is 2.10. The van der Waals surface area contributed by atoms with E-state index in [1.165, 1.54) is 0 Å². The quantitative estimate of drug-likeness (QED) is 0.637. The molecule has 1 aliphatic rings. The summed E-state index contributed by atoms with van der Waals surface area (Å²) >= 11 is 0. The number of morpholine rings is 1. The number of nitrogen functional groups attached to an aromatic ring is 1. The number of oxazole rings is 1. The fourth-order valence-electron chi connectivity index (χ4n) is 2.34. The zero-order valence-corrected chi connectivity index (χ0v) is 11.5. The number of hydrogen-bond acceptors (Lipinski definition) is 6. The van der Waals surface area contributed by atoms with E-state index in [9.17, 15) is 0 Å². The summed E-state index contributed by atoms with van der Waals surface area (Å²) in [7, 11) is 0. The van der Waals surface area contributed by atoms with E-state index in [-0.39, 0.29) is 0 Å². The monoisotopic (exact) mass is 276 g/mol. The summed E-state index contributed by atoms with van der Waals surface area (Å²) < 4.78 is 10.9. The number of hydrogen-bond donors (Lipinski definition) is 2. The van der Waals surface area contributed by atoms with Crippen molar-refractivity contribution >= 4 is 22.8 Å². The first-order valence-electron chi connectivity index (χ1n) is 7.01. The third-order valence-corrected chi connectivity index (χ3v) is 3.44. The molecule has 0 aliphatic carbocycles. The highest BCUT2D eigenvalue weighted by molar-refractivity contribution is 5.78. The molecule has 1 saturated heterocycles. The molecule has 20 heavy (non-hydrogen) atoms. The maximum atomic E-state index is 5.72. The van der Waals surface area contributed by atoms with Gasteiger partial charge in [0.1, 0.15) is 5.52 Å². The first-order chi connectivity index (χ1) is 9.81. The molecule has 1 fully saturated rings. The lowest BCUT2D eigenvalue weighted by Crippen LogP contribution is -2.37. The number of benzene rings is 1. The van der Waals surface area contributed by atoms with E-state index < -0.39 is 0 Å². The Morgan fingerprint density at radius 3 is 3.00 bits per heavy atom. The summed E-state index contributed by atoms with van der Waals surface area (Å²) in [6, 6.07) is 6.04. The van der Waals surface area contributed by atoms with Crippen molar-refractivity contribution in [2.45, 2.75) is 6.42 Å². The van der Waals surface area contributed by atoms with Crippen LogP contribution < -0.4 is 11.1 Å². The Balaban J connectivity index is 1.47. The Labute approximate surface area is 117 Å². The van der Waals surface area contributed by atoms with Gasteiger partial charge in [-0.05, 0) is 31.2 Å². The van der Waals surface area contributed by atoms with Crippen molar-refractivity contribution in [3.63, 3.8) is 0 Å². The van der Waals surface area contributed by atoms with Crippen molar-refractivity contribution in [3.05, 3.63) is 18.2 Å². The summed E-state index contributed by atoms with van der Waals surface area (Å²) in [5, 5.41) is 3.22. The minimum atomic E-state index is 0.563. The molecular weight excluding hydrogens is 256 g/mol. The van der Waals surface area contributed by atoms with Gasteiger partial charge in [0.2, 0.25) is 0 Å². The van der Waals surface area contributed by atoms with E-state index in [1.54, 1.807) is 0 Å². The van der Waals surface area contributed by atoms with E-state index in [2.05, 4.69) is 15.2 Å². The molecule has 0 amide bonds. The third-order valence-electron chi connectivity index (χ3n) is 3.44. The van der Waals surface area contributed by atoms with E-state index in [4.69, 9.17) is 14.9 Å². The van der Waals surface area contributed by atoms with Gasteiger partial charge in [0, 0.05) is 25.3 Å². The Kier molecular flexibility index (Phi) is 4.03. The number of aromatic nitrogens is 1. The fourth-order valence-corrected chi connectivity index (χ4v) is 2.34. The summed E-state index contributed by atoms with van der Waals surface area (Å²) in [6.07, 6.45) is 1.06.